The average Bonchev–Trinajstić information content (AvgIpc) is 3.04. The highest BCUT2D eigenvalue weighted by atomic mass is 16.5. The summed E-state index contributed by atoms with van der Waals surface area (Å²) in [5.41, 5.74) is 1.68. The van der Waals surface area contributed by atoms with E-state index in [9.17, 15) is 4.79 Å². The highest BCUT2D eigenvalue weighted by molar-refractivity contribution is 6.07. The van der Waals surface area contributed by atoms with E-state index in [-0.39, 0.29) is 6.61 Å². The van der Waals surface area contributed by atoms with Crippen molar-refractivity contribution in [1.29, 1.82) is 0 Å². The van der Waals surface area contributed by atoms with E-state index < -0.39 is 5.97 Å². The van der Waals surface area contributed by atoms with Crippen molar-refractivity contribution < 1.29 is 23.4 Å². The van der Waals surface area contributed by atoms with Gasteiger partial charge in [-0.25, -0.2) is 14.8 Å². The molecule has 1 N–H and O–H groups in total. The number of furan rings is 1. The number of rotatable bonds is 8. The molecule has 0 spiro atoms. The number of benzene rings is 1. The van der Waals surface area contributed by atoms with Crippen molar-refractivity contribution in [2.24, 2.45) is 0 Å². The van der Waals surface area contributed by atoms with E-state index in [1.54, 1.807) is 28.1 Å². The molecule has 0 fully saturated rings. The summed E-state index contributed by atoms with van der Waals surface area (Å²) >= 11 is 0. The first-order valence-electron chi connectivity index (χ1n) is 8.95. The van der Waals surface area contributed by atoms with E-state index in [0.29, 0.717) is 41.2 Å². The molecule has 0 aliphatic heterocycles. The molecule has 0 bridgehead atoms. The van der Waals surface area contributed by atoms with E-state index in [4.69, 9.17) is 18.6 Å². The van der Waals surface area contributed by atoms with Crippen molar-refractivity contribution >= 4 is 22.9 Å². The quantitative estimate of drug-likeness (QED) is 0.590. The predicted molar refractivity (Wildman–Crippen MR) is 104 cm³/mol. The Kier molecular flexibility index (Phi) is 5.98. The molecule has 0 amide bonds. The largest absolute Gasteiger partial charge is 0.497 e. The van der Waals surface area contributed by atoms with Crippen LogP contribution < -0.4 is 14.8 Å². The predicted octanol–water partition coefficient (Wildman–Crippen LogP) is 3.38. The molecule has 8 heteroatoms. The fourth-order valence-corrected chi connectivity index (χ4v) is 3.02. The Morgan fingerprint density at radius 2 is 2.04 bits per heavy atom. The lowest BCUT2D eigenvalue weighted by Crippen LogP contribution is -2.10. The van der Waals surface area contributed by atoms with Gasteiger partial charge in [-0.15, -0.1) is 0 Å². The lowest BCUT2D eigenvalue weighted by atomic mass is 10.1. The molecule has 0 aliphatic rings. The Morgan fingerprint density at radius 3 is 2.75 bits per heavy atom. The number of nitrogens with one attached hydrogen (secondary N) is 1. The van der Waals surface area contributed by atoms with Crippen molar-refractivity contribution in [3.63, 3.8) is 0 Å². The Morgan fingerprint density at radius 1 is 1.21 bits per heavy atom. The van der Waals surface area contributed by atoms with Crippen molar-refractivity contribution in [2.45, 2.75) is 20.3 Å². The Labute approximate surface area is 162 Å². The molecule has 0 atom stereocenters. The van der Waals surface area contributed by atoms with Gasteiger partial charge in [-0.2, -0.15) is 0 Å². The number of esters is 1. The fourth-order valence-electron chi connectivity index (χ4n) is 3.02. The Hall–Kier alpha value is -3.29. The smallest absolute Gasteiger partial charge is 0.342 e. The van der Waals surface area contributed by atoms with Crippen LogP contribution in [-0.4, -0.2) is 43.3 Å². The number of anilines is 1. The maximum absolute atomic E-state index is 12.3. The number of fused-ring (bicyclic) bond motifs is 1. The minimum atomic E-state index is -0.453. The second-order valence-corrected chi connectivity index (χ2v) is 6.01. The summed E-state index contributed by atoms with van der Waals surface area (Å²) in [5.74, 6) is 2.06. The molecule has 3 rings (SSSR count). The van der Waals surface area contributed by atoms with Crippen LogP contribution >= 0.6 is 0 Å². The molecular formula is C20H23N3O5. The zero-order valence-electron chi connectivity index (χ0n) is 16.4. The maximum Gasteiger partial charge on any atom is 0.342 e. The van der Waals surface area contributed by atoms with Gasteiger partial charge in [-0.1, -0.05) is 0 Å². The van der Waals surface area contributed by atoms with E-state index in [1.165, 1.54) is 6.33 Å². The summed E-state index contributed by atoms with van der Waals surface area (Å²) < 4.78 is 21.5. The van der Waals surface area contributed by atoms with Gasteiger partial charge in [0, 0.05) is 6.54 Å². The van der Waals surface area contributed by atoms with Gasteiger partial charge in [0.2, 0.25) is 5.71 Å². The first-order valence-corrected chi connectivity index (χ1v) is 8.95. The summed E-state index contributed by atoms with van der Waals surface area (Å²) in [4.78, 5) is 20.8. The Bertz CT molecular complexity index is 983. The van der Waals surface area contributed by atoms with Crippen molar-refractivity contribution in [3.05, 3.63) is 41.4 Å². The molecule has 28 heavy (non-hydrogen) atoms. The lowest BCUT2D eigenvalue weighted by Gasteiger charge is -2.12. The highest BCUT2D eigenvalue weighted by Crippen LogP contribution is 2.30. The molecule has 8 nitrogen and oxygen atoms in total. The fraction of sp³-hybridized carbons (Fsp3) is 0.350. The van der Waals surface area contributed by atoms with Crippen molar-refractivity contribution in [3.8, 4) is 11.5 Å². The number of hydrogen-bond donors (Lipinski definition) is 1. The second-order valence-electron chi connectivity index (χ2n) is 6.01. The van der Waals surface area contributed by atoms with Crippen LogP contribution in [0.2, 0.25) is 0 Å². The number of aromatic nitrogens is 2. The molecule has 0 aliphatic carbocycles. The van der Waals surface area contributed by atoms with Crippen molar-refractivity contribution in [2.75, 3.05) is 32.7 Å². The monoisotopic (exact) mass is 385 g/mol. The summed E-state index contributed by atoms with van der Waals surface area (Å²) in [7, 11) is 3.26. The molecule has 0 unspecified atom stereocenters. The highest BCUT2D eigenvalue weighted by Gasteiger charge is 2.23. The zero-order chi connectivity index (χ0) is 20.1. The molecule has 2 heterocycles. The zero-order valence-corrected chi connectivity index (χ0v) is 16.4. The third kappa shape index (κ3) is 3.85. The van der Waals surface area contributed by atoms with Gasteiger partial charge in [0.15, 0.2) is 0 Å². The standard InChI is InChI=1S/C20H23N3O5/c1-5-27-20(24)16-12(2)28-19-17(16)18(22-11-23-19)21-9-8-13-10-14(25-3)6-7-15(13)26-4/h6-7,10-11H,5,8-9H2,1-4H3,(H,21,22,23). The van der Waals surface area contributed by atoms with Crippen LogP contribution in [0.3, 0.4) is 0 Å². The Balaban J connectivity index is 1.85. The molecule has 0 saturated carbocycles. The SMILES string of the molecule is CCOC(=O)c1c(C)oc2ncnc(NCCc3cc(OC)ccc3OC)c12. The number of ether oxygens (including phenoxy) is 3. The van der Waals surface area contributed by atoms with Crippen LogP contribution in [-0.2, 0) is 11.2 Å². The van der Waals surface area contributed by atoms with Crippen LogP contribution in [0.4, 0.5) is 5.82 Å². The molecule has 0 radical (unpaired) electrons. The van der Waals surface area contributed by atoms with E-state index in [1.807, 2.05) is 18.2 Å². The number of carbonyl (C=O) groups excluding carboxylic acids is 1. The summed E-state index contributed by atoms with van der Waals surface area (Å²) in [5, 5.41) is 3.78. The normalized spacial score (nSPS) is 10.7. The average molecular weight is 385 g/mol. The van der Waals surface area contributed by atoms with E-state index >= 15 is 0 Å². The van der Waals surface area contributed by atoms with Crippen LogP contribution in [0.5, 0.6) is 11.5 Å². The number of methoxy groups -OCH3 is 2. The summed E-state index contributed by atoms with van der Waals surface area (Å²) in [6, 6.07) is 5.65. The summed E-state index contributed by atoms with van der Waals surface area (Å²) in [6.07, 6.45) is 2.06. The number of nitrogens with zero attached hydrogens (tertiary/aromatic N) is 2. The van der Waals surface area contributed by atoms with Gasteiger partial charge in [-0.05, 0) is 44.0 Å². The molecule has 148 valence electrons. The molecule has 2 aromatic heterocycles. The lowest BCUT2D eigenvalue weighted by molar-refractivity contribution is 0.0526. The maximum atomic E-state index is 12.3. The number of carbonyl (C=O) groups is 1. The van der Waals surface area contributed by atoms with Crippen LogP contribution in [0, 0.1) is 6.92 Å². The van der Waals surface area contributed by atoms with Crippen LogP contribution in [0.25, 0.3) is 11.1 Å². The third-order valence-corrected chi connectivity index (χ3v) is 4.32. The third-order valence-electron chi connectivity index (χ3n) is 4.32. The van der Waals surface area contributed by atoms with Gasteiger partial charge in [0.25, 0.3) is 0 Å². The van der Waals surface area contributed by atoms with E-state index in [0.717, 1.165) is 17.1 Å². The topological polar surface area (TPSA) is 95.7 Å². The number of hydrogen-bond acceptors (Lipinski definition) is 8. The minimum absolute atomic E-state index is 0.275. The van der Waals surface area contributed by atoms with Gasteiger partial charge in [0.1, 0.15) is 35.0 Å². The molecule has 0 saturated heterocycles. The van der Waals surface area contributed by atoms with Crippen LogP contribution in [0.15, 0.2) is 28.9 Å². The first-order chi connectivity index (χ1) is 13.6. The van der Waals surface area contributed by atoms with Gasteiger partial charge in [-0.3, -0.25) is 0 Å². The minimum Gasteiger partial charge on any atom is -0.497 e. The summed E-state index contributed by atoms with van der Waals surface area (Å²) in [6.45, 7) is 4.30. The van der Waals surface area contributed by atoms with Gasteiger partial charge < -0.3 is 23.9 Å². The first kappa shape index (κ1) is 19.5. The van der Waals surface area contributed by atoms with Crippen LogP contribution in [0.1, 0.15) is 28.6 Å². The van der Waals surface area contributed by atoms with Gasteiger partial charge >= 0.3 is 5.97 Å². The van der Waals surface area contributed by atoms with Gasteiger partial charge in [0.05, 0.1) is 26.2 Å². The molecule has 3 aromatic rings. The molecular weight excluding hydrogens is 362 g/mol. The number of aryl methyl sites for hydroxylation is 1. The molecule has 1 aromatic carbocycles. The second kappa shape index (κ2) is 8.60. The van der Waals surface area contributed by atoms with Crippen molar-refractivity contribution in [1.82, 2.24) is 9.97 Å². The van der Waals surface area contributed by atoms with E-state index in [2.05, 4.69) is 15.3 Å².